The second kappa shape index (κ2) is 5.53. The van der Waals surface area contributed by atoms with E-state index in [2.05, 4.69) is 10.3 Å². The zero-order valence-corrected chi connectivity index (χ0v) is 14.2. The molecule has 118 valence electrons. The van der Waals surface area contributed by atoms with Gasteiger partial charge < -0.3 is 16.0 Å². The molecule has 4 rings (SSSR count). The van der Waals surface area contributed by atoms with Gasteiger partial charge in [-0.15, -0.1) is 11.3 Å². The Bertz CT molecular complexity index is 917. The van der Waals surface area contributed by atoms with Gasteiger partial charge in [-0.2, -0.15) is 0 Å². The Kier molecular flexibility index (Phi) is 3.61. The smallest absolute Gasteiger partial charge is 0.268 e. The SMILES string of the molecule is N[C@H]1c2ccccc2C[C@H]1NC(=O)c1cc2sc(Cl)c(Cl)c2[nH]1. The minimum absolute atomic E-state index is 0.111. The number of nitrogens with two attached hydrogens (primary N) is 1. The average Bonchev–Trinajstić information content (AvgIpc) is 3.16. The zero-order valence-electron chi connectivity index (χ0n) is 11.9. The quantitative estimate of drug-likeness (QED) is 0.644. The topological polar surface area (TPSA) is 70.9 Å². The summed E-state index contributed by atoms with van der Waals surface area (Å²) < 4.78 is 1.39. The molecule has 4 nitrogen and oxygen atoms in total. The van der Waals surface area contributed by atoms with Crippen LogP contribution in [0.4, 0.5) is 0 Å². The maximum absolute atomic E-state index is 12.5. The second-order valence-electron chi connectivity index (χ2n) is 5.62. The van der Waals surface area contributed by atoms with E-state index in [9.17, 15) is 4.79 Å². The Labute approximate surface area is 146 Å². The first-order valence-electron chi connectivity index (χ1n) is 7.15. The number of hydrogen-bond acceptors (Lipinski definition) is 3. The van der Waals surface area contributed by atoms with Crippen molar-refractivity contribution in [3.63, 3.8) is 0 Å². The summed E-state index contributed by atoms with van der Waals surface area (Å²) in [5.74, 6) is -0.186. The lowest BCUT2D eigenvalue weighted by Crippen LogP contribution is -2.40. The molecule has 1 aliphatic carbocycles. The first-order valence-corrected chi connectivity index (χ1v) is 8.72. The standard InChI is InChI=1S/C16H13Cl2N3OS/c17-12-14-11(23-15(12)18)6-10(20-14)16(22)21-9-5-7-3-1-2-4-8(7)13(9)19/h1-4,6,9,13,20H,5,19H2,(H,21,22)/t9-,13+/m1/s1. The van der Waals surface area contributed by atoms with Gasteiger partial charge in [-0.05, 0) is 23.6 Å². The molecule has 2 aromatic heterocycles. The van der Waals surface area contributed by atoms with Crippen LogP contribution in [-0.2, 0) is 6.42 Å². The minimum Gasteiger partial charge on any atom is -0.349 e. The van der Waals surface area contributed by atoms with Crippen LogP contribution in [0.2, 0.25) is 9.36 Å². The highest BCUT2D eigenvalue weighted by Crippen LogP contribution is 2.39. The van der Waals surface area contributed by atoms with Crippen molar-refractivity contribution < 1.29 is 4.79 Å². The third kappa shape index (κ3) is 2.44. The first-order chi connectivity index (χ1) is 11.0. The van der Waals surface area contributed by atoms with Crippen molar-refractivity contribution in [3.8, 4) is 0 Å². The molecule has 0 radical (unpaired) electrons. The van der Waals surface area contributed by atoms with Crippen LogP contribution >= 0.6 is 34.5 Å². The van der Waals surface area contributed by atoms with Crippen LogP contribution < -0.4 is 11.1 Å². The molecule has 1 amide bonds. The van der Waals surface area contributed by atoms with E-state index in [1.165, 1.54) is 16.9 Å². The normalized spacial score (nSPS) is 20.0. The summed E-state index contributed by atoms with van der Waals surface area (Å²) in [6.45, 7) is 0. The Hall–Kier alpha value is -1.53. The van der Waals surface area contributed by atoms with Gasteiger partial charge in [0.2, 0.25) is 0 Å². The first kappa shape index (κ1) is 15.0. The highest BCUT2D eigenvalue weighted by molar-refractivity contribution is 7.23. The molecule has 23 heavy (non-hydrogen) atoms. The van der Waals surface area contributed by atoms with Gasteiger partial charge in [0.05, 0.1) is 27.3 Å². The van der Waals surface area contributed by atoms with Gasteiger partial charge in [0.25, 0.3) is 5.91 Å². The fourth-order valence-electron chi connectivity index (χ4n) is 3.05. The lowest BCUT2D eigenvalue weighted by molar-refractivity contribution is 0.0929. The van der Waals surface area contributed by atoms with Crippen molar-refractivity contribution in [1.29, 1.82) is 0 Å². The van der Waals surface area contributed by atoms with Gasteiger partial charge >= 0.3 is 0 Å². The molecule has 2 atom stereocenters. The summed E-state index contributed by atoms with van der Waals surface area (Å²) >= 11 is 13.4. The van der Waals surface area contributed by atoms with Crippen molar-refractivity contribution >= 4 is 50.7 Å². The summed E-state index contributed by atoms with van der Waals surface area (Å²) in [5, 5.41) is 3.46. The van der Waals surface area contributed by atoms with Crippen molar-refractivity contribution in [2.75, 3.05) is 0 Å². The number of halogens is 2. The van der Waals surface area contributed by atoms with Crippen LogP contribution in [0.25, 0.3) is 10.2 Å². The number of carbonyl (C=O) groups is 1. The fraction of sp³-hybridized carbons (Fsp3) is 0.188. The largest absolute Gasteiger partial charge is 0.349 e. The molecule has 0 fully saturated rings. The Morgan fingerprint density at radius 2 is 2.13 bits per heavy atom. The number of H-pyrrole nitrogens is 1. The molecule has 0 aliphatic heterocycles. The van der Waals surface area contributed by atoms with Crippen LogP contribution in [0.5, 0.6) is 0 Å². The van der Waals surface area contributed by atoms with Gasteiger partial charge in [-0.1, -0.05) is 47.5 Å². The van der Waals surface area contributed by atoms with Crippen LogP contribution in [-0.4, -0.2) is 16.9 Å². The van der Waals surface area contributed by atoms with Crippen LogP contribution in [0, 0.1) is 0 Å². The van der Waals surface area contributed by atoms with Gasteiger partial charge in [-0.25, -0.2) is 0 Å². The molecule has 2 heterocycles. The fourth-order valence-corrected chi connectivity index (χ4v) is 4.54. The molecular weight excluding hydrogens is 353 g/mol. The summed E-state index contributed by atoms with van der Waals surface area (Å²) in [6, 6.07) is 9.48. The molecule has 3 aromatic rings. The predicted molar refractivity (Wildman–Crippen MR) is 94.5 cm³/mol. The number of hydrogen-bond donors (Lipinski definition) is 3. The van der Waals surface area contributed by atoms with Crippen molar-refractivity contribution in [2.24, 2.45) is 5.73 Å². The van der Waals surface area contributed by atoms with E-state index in [4.69, 9.17) is 28.9 Å². The number of amides is 1. The van der Waals surface area contributed by atoms with E-state index in [-0.39, 0.29) is 18.0 Å². The Balaban J connectivity index is 1.56. The van der Waals surface area contributed by atoms with Crippen molar-refractivity contribution in [1.82, 2.24) is 10.3 Å². The van der Waals surface area contributed by atoms with Gasteiger partial charge in [-0.3, -0.25) is 4.79 Å². The maximum Gasteiger partial charge on any atom is 0.268 e. The number of rotatable bonds is 2. The average molecular weight is 366 g/mol. The summed E-state index contributed by atoms with van der Waals surface area (Å²) in [6.07, 6.45) is 0.741. The molecule has 0 saturated heterocycles. The number of aromatic amines is 1. The number of aromatic nitrogens is 1. The molecule has 0 spiro atoms. The number of thiophene rings is 1. The molecule has 0 unspecified atom stereocenters. The number of carbonyl (C=O) groups excluding carboxylic acids is 1. The monoisotopic (exact) mass is 365 g/mol. The molecule has 0 bridgehead atoms. The van der Waals surface area contributed by atoms with Gasteiger partial charge in [0.15, 0.2) is 0 Å². The number of nitrogens with one attached hydrogen (secondary N) is 2. The Morgan fingerprint density at radius 1 is 1.35 bits per heavy atom. The van der Waals surface area contributed by atoms with Crippen LogP contribution in [0.15, 0.2) is 30.3 Å². The molecule has 4 N–H and O–H groups in total. The molecule has 0 saturated carbocycles. The van der Waals surface area contributed by atoms with E-state index in [0.29, 0.717) is 20.6 Å². The summed E-state index contributed by atoms with van der Waals surface area (Å²) in [5.41, 5.74) is 9.71. The van der Waals surface area contributed by atoms with Crippen molar-refractivity contribution in [2.45, 2.75) is 18.5 Å². The minimum atomic E-state index is -0.190. The third-order valence-corrected chi connectivity index (χ3v) is 6.15. The lowest BCUT2D eigenvalue weighted by atomic mass is 10.1. The van der Waals surface area contributed by atoms with E-state index in [0.717, 1.165) is 16.7 Å². The molecule has 7 heteroatoms. The summed E-state index contributed by atoms with van der Waals surface area (Å²) in [7, 11) is 0. The van der Waals surface area contributed by atoms with Gasteiger partial charge in [0, 0.05) is 0 Å². The van der Waals surface area contributed by atoms with Crippen molar-refractivity contribution in [3.05, 3.63) is 56.5 Å². The van der Waals surface area contributed by atoms with Crippen LogP contribution in [0.3, 0.4) is 0 Å². The van der Waals surface area contributed by atoms with Gasteiger partial charge in [0.1, 0.15) is 10.0 Å². The van der Waals surface area contributed by atoms with E-state index >= 15 is 0 Å². The maximum atomic E-state index is 12.5. The van der Waals surface area contributed by atoms with E-state index in [1.807, 2.05) is 24.3 Å². The second-order valence-corrected chi connectivity index (χ2v) is 7.65. The highest BCUT2D eigenvalue weighted by atomic mass is 35.5. The summed E-state index contributed by atoms with van der Waals surface area (Å²) in [4.78, 5) is 15.5. The third-order valence-electron chi connectivity index (χ3n) is 4.22. The number of fused-ring (bicyclic) bond motifs is 2. The van der Waals surface area contributed by atoms with E-state index in [1.54, 1.807) is 6.07 Å². The zero-order chi connectivity index (χ0) is 16.1. The van der Waals surface area contributed by atoms with E-state index < -0.39 is 0 Å². The highest BCUT2D eigenvalue weighted by Gasteiger charge is 2.31. The molecule has 1 aliphatic rings. The lowest BCUT2D eigenvalue weighted by Gasteiger charge is -2.17. The molecule has 1 aromatic carbocycles. The Morgan fingerprint density at radius 3 is 2.87 bits per heavy atom. The predicted octanol–water partition coefficient (Wildman–Crippen LogP) is 3.89. The number of benzene rings is 1. The molecular formula is C16H13Cl2N3OS. The van der Waals surface area contributed by atoms with Crippen LogP contribution in [0.1, 0.15) is 27.7 Å².